The summed E-state index contributed by atoms with van der Waals surface area (Å²) >= 11 is 0. The van der Waals surface area contributed by atoms with Gasteiger partial charge in [-0.25, -0.2) is 8.42 Å². The average Bonchev–Trinajstić information content (AvgIpc) is 2.97. The van der Waals surface area contributed by atoms with Gasteiger partial charge in [0, 0.05) is 30.0 Å². The van der Waals surface area contributed by atoms with E-state index in [9.17, 15) is 18.0 Å². The summed E-state index contributed by atoms with van der Waals surface area (Å²) in [6.07, 6.45) is 0. The minimum atomic E-state index is -3.73. The Morgan fingerprint density at radius 1 is 1.18 bits per heavy atom. The van der Waals surface area contributed by atoms with Gasteiger partial charge in [0.05, 0.1) is 13.2 Å². The molecule has 9 heteroatoms. The lowest BCUT2D eigenvalue weighted by atomic mass is 10.1. The lowest BCUT2D eigenvalue weighted by molar-refractivity contribution is 0.0730. The molecule has 0 bridgehead atoms. The third-order valence-corrected chi connectivity index (χ3v) is 6.86. The zero-order valence-corrected chi connectivity index (χ0v) is 16.9. The van der Waals surface area contributed by atoms with Crippen LogP contribution in [0, 0.1) is 13.8 Å². The molecule has 0 unspecified atom stereocenters. The molecule has 0 atom stereocenters. The maximum atomic E-state index is 13.0. The number of morpholine rings is 1. The average molecular weight is 405 g/mol. The number of ether oxygens (including phenoxy) is 1. The number of hydrogen-bond acceptors (Lipinski definition) is 5. The minimum absolute atomic E-state index is 0.109. The summed E-state index contributed by atoms with van der Waals surface area (Å²) in [4.78, 5) is 27.3. The number of Topliss-reactive ketones (excluding diaryl/α,β-unsaturated/α-hetero) is 1. The summed E-state index contributed by atoms with van der Waals surface area (Å²) in [7, 11) is -3.73. The molecule has 0 aliphatic carbocycles. The number of benzene rings is 1. The van der Waals surface area contributed by atoms with E-state index in [4.69, 9.17) is 4.74 Å². The van der Waals surface area contributed by atoms with Crippen LogP contribution in [0.15, 0.2) is 29.2 Å². The monoisotopic (exact) mass is 405 g/mol. The number of anilines is 1. The van der Waals surface area contributed by atoms with E-state index in [1.807, 2.05) is 0 Å². The summed E-state index contributed by atoms with van der Waals surface area (Å²) in [6, 6.07) is 6.58. The van der Waals surface area contributed by atoms with Gasteiger partial charge in [-0.2, -0.15) is 4.31 Å². The quantitative estimate of drug-likeness (QED) is 0.741. The number of ketones is 1. The van der Waals surface area contributed by atoms with Gasteiger partial charge in [0.25, 0.3) is 5.91 Å². The predicted octanol–water partition coefficient (Wildman–Crippen LogP) is 2.11. The molecule has 1 fully saturated rings. The predicted molar refractivity (Wildman–Crippen MR) is 104 cm³/mol. The van der Waals surface area contributed by atoms with Crippen molar-refractivity contribution in [1.29, 1.82) is 0 Å². The van der Waals surface area contributed by atoms with Crippen LogP contribution >= 0.6 is 0 Å². The first-order valence-electron chi connectivity index (χ1n) is 8.91. The van der Waals surface area contributed by atoms with Gasteiger partial charge >= 0.3 is 0 Å². The molecule has 1 amide bonds. The Balaban J connectivity index is 1.90. The molecule has 2 N–H and O–H groups in total. The minimum Gasteiger partial charge on any atom is -0.379 e. The molecule has 2 aromatic rings. The number of nitrogens with zero attached hydrogens (tertiary/aromatic N) is 1. The molecule has 8 nitrogen and oxygen atoms in total. The van der Waals surface area contributed by atoms with Crippen LogP contribution in [0.1, 0.15) is 39.0 Å². The molecule has 28 heavy (non-hydrogen) atoms. The Bertz CT molecular complexity index is 1020. The molecule has 150 valence electrons. The number of amides is 1. The van der Waals surface area contributed by atoms with Crippen LogP contribution in [-0.2, 0) is 14.8 Å². The third kappa shape index (κ3) is 3.87. The largest absolute Gasteiger partial charge is 0.379 e. The number of nitrogens with one attached hydrogen (secondary N) is 2. The number of aromatic amines is 1. The SMILES string of the molecule is CC(=O)c1cccc(NC(=O)c2[nH]c(C)c(S(=O)(=O)N3CCOCC3)c2C)c1. The van der Waals surface area contributed by atoms with Crippen LogP contribution in [0.2, 0.25) is 0 Å². The van der Waals surface area contributed by atoms with Crippen LogP contribution < -0.4 is 5.32 Å². The van der Waals surface area contributed by atoms with Gasteiger partial charge in [0.1, 0.15) is 10.6 Å². The van der Waals surface area contributed by atoms with Crippen molar-refractivity contribution in [2.75, 3.05) is 31.6 Å². The lowest BCUT2D eigenvalue weighted by Crippen LogP contribution is -2.40. The van der Waals surface area contributed by atoms with Gasteiger partial charge in [-0.3, -0.25) is 9.59 Å². The lowest BCUT2D eigenvalue weighted by Gasteiger charge is -2.26. The van der Waals surface area contributed by atoms with E-state index in [1.165, 1.54) is 11.2 Å². The highest BCUT2D eigenvalue weighted by molar-refractivity contribution is 7.89. The van der Waals surface area contributed by atoms with Crippen LogP contribution in [0.25, 0.3) is 0 Å². The Morgan fingerprint density at radius 3 is 2.50 bits per heavy atom. The van der Waals surface area contributed by atoms with Gasteiger partial charge in [0.15, 0.2) is 5.78 Å². The van der Waals surface area contributed by atoms with Crippen molar-refractivity contribution >= 4 is 27.4 Å². The van der Waals surface area contributed by atoms with Gasteiger partial charge in [0.2, 0.25) is 10.0 Å². The first kappa shape index (κ1) is 20.2. The van der Waals surface area contributed by atoms with Crippen molar-refractivity contribution in [2.24, 2.45) is 0 Å². The number of rotatable bonds is 5. The maximum Gasteiger partial charge on any atom is 0.272 e. The molecular weight excluding hydrogens is 382 g/mol. The molecule has 1 saturated heterocycles. The Kier molecular flexibility index (Phi) is 5.69. The zero-order chi connectivity index (χ0) is 20.5. The van der Waals surface area contributed by atoms with Crippen LogP contribution in [0.5, 0.6) is 0 Å². The van der Waals surface area contributed by atoms with Crippen molar-refractivity contribution in [3.05, 3.63) is 46.8 Å². The Hall–Kier alpha value is -2.49. The van der Waals surface area contributed by atoms with E-state index in [0.717, 1.165) is 0 Å². The smallest absolute Gasteiger partial charge is 0.272 e. The Morgan fingerprint density at radius 2 is 1.86 bits per heavy atom. The van der Waals surface area contributed by atoms with Crippen LogP contribution in [-0.4, -0.2) is 55.7 Å². The molecule has 1 aliphatic heterocycles. The van der Waals surface area contributed by atoms with E-state index in [1.54, 1.807) is 38.1 Å². The van der Waals surface area contributed by atoms with E-state index < -0.39 is 15.9 Å². The number of carbonyl (C=O) groups excluding carboxylic acids is 2. The van der Waals surface area contributed by atoms with Crippen molar-refractivity contribution in [3.63, 3.8) is 0 Å². The summed E-state index contributed by atoms with van der Waals surface area (Å²) in [5, 5.41) is 2.72. The fourth-order valence-corrected chi connectivity index (χ4v) is 5.09. The second kappa shape index (κ2) is 7.86. The Labute approximate surface area is 163 Å². The maximum absolute atomic E-state index is 13.0. The first-order valence-corrected chi connectivity index (χ1v) is 10.3. The first-order chi connectivity index (χ1) is 13.2. The van der Waals surface area contributed by atoms with Crippen LogP contribution in [0.4, 0.5) is 5.69 Å². The number of H-pyrrole nitrogens is 1. The van der Waals surface area contributed by atoms with E-state index in [-0.39, 0.29) is 29.5 Å². The number of carbonyl (C=O) groups is 2. The molecule has 0 spiro atoms. The summed E-state index contributed by atoms with van der Waals surface area (Å²) < 4.78 is 32.6. The number of sulfonamides is 1. The molecule has 1 aromatic carbocycles. The highest BCUT2D eigenvalue weighted by Crippen LogP contribution is 2.27. The molecule has 2 heterocycles. The van der Waals surface area contributed by atoms with Crippen molar-refractivity contribution in [3.8, 4) is 0 Å². The van der Waals surface area contributed by atoms with Gasteiger partial charge in [-0.05, 0) is 38.5 Å². The number of aromatic nitrogens is 1. The van der Waals surface area contributed by atoms with E-state index in [0.29, 0.717) is 35.7 Å². The van der Waals surface area contributed by atoms with Gasteiger partial charge in [-0.15, -0.1) is 0 Å². The number of hydrogen-bond donors (Lipinski definition) is 2. The fraction of sp³-hybridized carbons (Fsp3) is 0.368. The second-order valence-corrected chi connectivity index (χ2v) is 8.56. The summed E-state index contributed by atoms with van der Waals surface area (Å²) in [5.74, 6) is -0.577. The molecule has 1 aliphatic rings. The number of aryl methyl sites for hydroxylation is 1. The highest BCUT2D eigenvalue weighted by atomic mass is 32.2. The molecule has 3 rings (SSSR count). The molecule has 0 saturated carbocycles. The highest BCUT2D eigenvalue weighted by Gasteiger charge is 2.32. The molecule has 0 radical (unpaired) electrons. The summed E-state index contributed by atoms with van der Waals surface area (Å²) in [6.45, 7) is 5.95. The molecule has 1 aromatic heterocycles. The topological polar surface area (TPSA) is 109 Å². The summed E-state index contributed by atoms with van der Waals surface area (Å²) in [5.41, 5.74) is 1.89. The van der Waals surface area contributed by atoms with Gasteiger partial charge < -0.3 is 15.0 Å². The normalized spacial score (nSPS) is 15.4. The van der Waals surface area contributed by atoms with Gasteiger partial charge in [-0.1, -0.05) is 12.1 Å². The third-order valence-electron chi connectivity index (χ3n) is 4.69. The van der Waals surface area contributed by atoms with Crippen molar-refractivity contribution < 1.29 is 22.7 Å². The van der Waals surface area contributed by atoms with Crippen LogP contribution in [0.3, 0.4) is 0 Å². The standard InChI is InChI=1S/C19H23N3O5S/c1-12-17(19(24)21-16-6-4-5-15(11-16)14(3)23)20-13(2)18(12)28(25,26)22-7-9-27-10-8-22/h4-6,11,20H,7-10H2,1-3H3,(H,21,24). The van der Waals surface area contributed by atoms with E-state index >= 15 is 0 Å². The van der Waals surface area contributed by atoms with Crippen molar-refractivity contribution in [2.45, 2.75) is 25.7 Å². The fourth-order valence-electron chi connectivity index (χ4n) is 3.27. The van der Waals surface area contributed by atoms with Crippen molar-refractivity contribution in [1.82, 2.24) is 9.29 Å². The zero-order valence-electron chi connectivity index (χ0n) is 16.0. The molecular formula is C19H23N3O5S. The van der Waals surface area contributed by atoms with E-state index in [2.05, 4.69) is 10.3 Å². The second-order valence-electron chi connectivity index (χ2n) is 6.69.